The molecule has 0 aliphatic rings. The minimum atomic E-state index is -0.942. The molecule has 0 heterocycles. The van der Waals surface area contributed by atoms with Crippen LogP contribution in [0.25, 0.3) is 0 Å². The van der Waals surface area contributed by atoms with Crippen LogP contribution in [0.4, 0.5) is 0 Å². The number of ether oxygens (including phenoxy) is 1. The summed E-state index contributed by atoms with van der Waals surface area (Å²) in [5.41, 5.74) is 5.58. The quantitative estimate of drug-likeness (QED) is 0.368. The minimum Gasteiger partial charge on any atom is -0.491 e. The van der Waals surface area contributed by atoms with Crippen LogP contribution in [0.1, 0.15) is 88.1 Å². The lowest BCUT2D eigenvalue weighted by molar-refractivity contribution is -0.137. The van der Waals surface area contributed by atoms with E-state index in [1.165, 1.54) is 16.7 Å². The first kappa shape index (κ1) is 29.1. The molecule has 2 atom stereocenters. The van der Waals surface area contributed by atoms with Crippen LogP contribution < -0.4 is 4.74 Å². The average molecular weight is 503 g/mol. The van der Waals surface area contributed by atoms with Gasteiger partial charge in [0.1, 0.15) is 12.4 Å². The second kappa shape index (κ2) is 12.2. The summed E-state index contributed by atoms with van der Waals surface area (Å²) < 4.78 is 18.2. The lowest BCUT2D eigenvalue weighted by Crippen LogP contribution is -2.27. The molecule has 2 aromatic rings. The molecule has 0 aliphatic carbocycles. The van der Waals surface area contributed by atoms with E-state index in [9.17, 15) is 14.1 Å². The zero-order valence-corrected chi connectivity index (χ0v) is 23.1. The summed E-state index contributed by atoms with van der Waals surface area (Å²) in [7, 11) is -0.942. The molecule has 0 radical (unpaired) electrons. The number of hydrogen-bond donors (Lipinski definition) is 2. The van der Waals surface area contributed by atoms with Crippen LogP contribution in [-0.4, -0.2) is 37.8 Å². The van der Waals surface area contributed by atoms with Crippen molar-refractivity contribution in [3.63, 3.8) is 0 Å². The Morgan fingerprint density at radius 2 is 1.57 bits per heavy atom. The molecule has 2 unspecified atom stereocenters. The Morgan fingerprint density at radius 3 is 2.06 bits per heavy atom. The smallest absolute Gasteiger partial charge is 0.303 e. The Balaban J connectivity index is 2.29. The number of aliphatic hydroxyl groups excluding tert-OH is 1. The monoisotopic (exact) mass is 502 g/mol. The molecule has 0 saturated carbocycles. The van der Waals surface area contributed by atoms with Gasteiger partial charge < -0.3 is 14.9 Å². The lowest BCUT2D eigenvalue weighted by Gasteiger charge is -2.34. The van der Waals surface area contributed by atoms with Gasteiger partial charge in [0.2, 0.25) is 0 Å². The van der Waals surface area contributed by atoms with Crippen molar-refractivity contribution < 1.29 is 24.0 Å². The molecule has 0 fully saturated rings. The average Bonchev–Trinajstić information content (AvgIpc) is 2.79. The first-order valence-corrected chi connectivity index (χ1v) is 13.8. The zero-order chi connectivity index (χ0) is 26.4. The Labute approximate surface area is 213 Å². The van der Waals surface area contributed by atoms with Gasteiger partial charge in [-0.05, 0) is 87.8 Å². The number of carboxylic acids is 1. The van der Waals surface area contributed by atoms with Crippen molar-refractivity contribution in [3.05, 3.63) is 64.2 Å². The maximum Gasteiger partial charge on any atom is 0.303 e. The molecule has 6 heteroatoms. The van der Waals surface area contributed by atoms with Crippen molar-refractivity contribution in [2.45, 2.75) is 96.2 Å². The highest BCUT2D eigenvalue weighted by molar-refractivity contribution is 7.85. The summed E-state index contributed by atoms with van der Waals surface area (Å²) in [6, 6.07) is 12.8. The van der Waals surface area contributed by atoms with Crippen LogP contribution in [0.5, 0.6) is 5.75 Å². The molecule has 194 valence electrons. The molecule has 0 bridgehead atoms. The van der Waals surface area contributed by atoms with Crippen LogP contribution in [0.3, 0.4) is 0 Å². The number of carbonyl (C=O) groups is 1. The molecular weight excluding hydrogens is 460 g/mol. The highest BCUT2D eigenvalue weighted by Crippen LogP contribution is 2.41. The van der Waals surface area contributed by atoms with Gasteiger partial charge in [0, 0.05) is 33.1 Å². The SMILES string of the molecule is CCC(CC)(c1ccc(CS(=O)C(C)(C)C)c(C)c1)c1ccc(OCC(O)CCC(=O)O)c(C)c1. The van der Waals surface area contributed by atoms with Gasteiger partial charge >= 0.3 is 5.97 Å². The Bertz CT molecular complexity index is 1030. The van der Waals surface area contributed by atoms with Crippen LogP contribution in [-0.2, 0) is 26.8 Å². The fourth-order valence-electron chi connectivity index (χ4n) is 4.41. The van der Waals surface area contributed by atoms with Crippen molar-refractivity contribution in [1.29, 1.82) is 0 Å². The Hall–Kier alpha value is -2.18. The predicted octanol–water partition coefficient (Wildman–Crippen LogP) is 6.06. The van der Waals surface area contributed by atoms with Crippen molar-refractivity contribution in [3.8, 4) is 5.75 Å². The van der Waals surface area contributed by atoms with Gasteiger partial charge in [-0.15, -0.1) is 0 Å². The van der Waals surface area contributed by atoms with Gasteiger partial charge in [0.05, 0.1) is 6.10 Å². The highest BCUT2D eigenvalue weighted by atomic mass is 32.2. The second-order valence-electron chi connectivity index (χ2n) is 10.4. The third-order valence-corrected chi connectivity index (χ3v) is 8.86. The van der Waals surface area contributed by atoms with Gasteiger partial charge in [-0.2, -0.15) is 0 Å². The molecule has 0 amide bonds. The maximum atomic E-state index is 12.7. The van der Waals surface area contributed by atoms with Crippen molar-refractivity contribution >= 4 is 16.8 Å². The molecule has 0 spiro atoms. The summed E-state index contributed by atoms with van der Waals surface area (Å²) in [5, 5.41) is 18.8. The van der Waals surface area contributed by atoms with Gasteiger partial charge in [0.25, 0.3) is 0 Å². The lowest BCUT2D eigenvalue weighted by atomic mass is 9.70. The van der Waals surface area contributed by atoms with Crippen LogP contribution in [0.2, 0.25) is 0 Å². The van der Waals surface area contributed by atoms with Gasteiger partial charge in [-0.25, -0.2) is 0 Å². The largest absolute Gasteiger partial charge is 0.491 e. The van der Waals surface area contributed by atoms with E-state index in [0.29, 0.717) is 11.5 Å². The number of aliphatic hydroxyl groups is 1. The molecule has 2 aromatic carbocycles. The molecule has 0 saturated heterocycles. The van der Waals surface area contributed by atoms with E-state index in [-0.39, 0.29) is 29.6 Å². The molecule has 0 aromatic heterocycles. The molecule has 0 aliphatic heterocycles. The van der Waals surface area contributed by atoms with Gasteiger partial charge in [-0.1, -0.05) is 44.2 Å². The van der Waals surface area contributed by atoms with Crippen LogP contribution in [0, 0.1) is 13.8 Å². The summed E-state index contributed by atoms with van der Waals surface area (Å²) in [4.78, 5) is 10.7. The molecule has 35 heavy (non-hydrogen) atoms. The van der Waals surface area contributed by atoms with Crippen molar-refractivity contribution in [2.75, 3.05) is 6.61 Å². The normalized spacial score (nSPS) is 13.9. The molecular formula is C29H42O5S. The summed E-state index contributed by atoms with van der Waals surface area (Å²) >= 11 is 0. The Morgan fingerprint density at radius 1 is 1.00 bits per heavy atom. The van der Waals surface area contributed by atoms with Crippen LogP contribution in [0.15, 0.2) is 36.4 Å². The van der Waals surface area contributed by atoms with Crippen molar-refractivity contribution in [2.24, 2.45) is 0 Å². The molecule has 2 rings (SSSR count). The topological polar surface area (TPSA) is 83.8 Å². The van der Waals surface area contributed by atoms with Gasteiger partial charge in [0.15, 0.2) is 0 Å². The van der Waals surface area contributed by atoms with Crippen LogP contribution >= 0.6 is 0 Å². The van der Waals surface area contributed by atoms with E-state index in [1.54, 1.807) is 0 Å². The molecule has 5 nitrogen and oxygen atoms in total. The number of aryl methyl sites for hydroxylation is 2. The predicted molar refractivity (Wildman–Crippen MR) is 144 cm³/mol. The fourth-order valence-corrected chi connectivity index (χ4v) is 5.45. The third-order valence-electron chi connectivity index (χ3n) is 6.92. The van der Waals surface area contributed by atoms with E-state index in [1.807, 2.05) is 33.8 Å². The highest BCUT2D eigenvalue weighted by Gasteiger charge is 2.32. The van der Waals surface area contributed by atoms with E-state index in [2.05, 4.69) is 51.1 Å². The number of benzene rings is 2. The van der Waals surface area contributed by atoms with E-state index in [4.69, 9.17) is 9.84 Å². The summed E-state index contributed by atoms with van der Waals surface area (Å²) in [6.07, 6.45) is 1.14. The summed E-state index contributed by atoms with van der Waals surface area (Å²) in [5.74, 6) is 0.329. The first-order valence-electron chi connectivity index (χ1n) is 12.5. The minimum absolute atomic E-state index is 0.0662. The standard InChI is InChI=1S/C29H42O5S/c1-8-29(9-2,23-11-10-22(20(3)16-23)19-35(33)28(5,6)7)24-12-14-26(21(4)17-24)34-18-25(30)13-15-27(31)32/h10-12,14,16-17,25,30H,8-9,13,15,18-19H2,1-7H3,(H,31,32). The fraction of sp³-hybridized carbons (Fsp3) is 0.552. The van der Waals surface area contributed by atoms with E-state index in [0.717, 1.165) is 24.0 Å². The summed E-state index contributed by atoms with van der Waals surface area (Å²) in [6.45, 7) is 14.6. The Kier molecular flexibility index (Phi) is 10.1. The van der Waals surface area contributed by atoms with E-state index < -0.39 is 22.9 Å². The number of carboxylic acid groups (broad SMARTS) is 1. The number of rotatable bonds is 12. The molecule has 2 N–H and O–H groups in total. The zero-order valence-electron chi connectivity index (χ0n) is 22.3. The maximum absolute atomic E-state index is 12.7. The van der Waals surface area contributed by atoms with Crippen molar-refractivity contribution in [1.82, 2.24) is 0 Å². The number of aliphatic carboxylic acids is 1. The first-order chi connectivity index (χ1) is 16.3. The number of hydrogen-bond acceptors (Lipinski definition) is 4. The van der Waals surface area contributed by atoms with Gasteiger partial charge in [-0.3, -0.25) is 9.00 Å². The third kappa shape index (κ3) is 7.40. The second-order valence-corrected chi connectivity index (χ2v) is 12.6. The van der Waals surface area contributed by atoms with E-state index >= 15 is 0 Å².